The molecule has 0 aliphatic heterocycles. The smallest absolute Gasteiger partial charge is 0.136 e. The number of hydrogen-bond donors (Lipinski definition) is 0. The average Bonchev–Trinajstić information content (AvgIpc) is 3.69. The molecule has 0 radical (unpaired) electrons. The van der Waals surface area contributed by atoms with E-state index < -0.39 is 0 Å². The topological polar surface area (TPSA) is 16.4 Å². The van der Waals surface area contributed by atoms with Gasteiger partial charge in [-0.25, -0.2) is 0 Å². The molecular formula is C56H37NO. The summed E-state index contributed by atoms with van der Waals surface area (Å²) in [5.41, 5.74) is 14.6. The van der Waals surface area contributed by atoms with Crippen molar-refractivity contribution in [3.63, 3.8) is 0 Å². The average molecular weight is 740 g/mol. The van der Waals surface area contributed by atoms with Gasteiger partial charge in [-0.3, -0.25) is 0 Å². The van der Waals surface area contributed by atoms with Gasteiger partial charge in [0.2, 0.25) is 0 Å². The molecule has 0 N–H and O–H groups in total. The van der Waals surface area contributed by atoms with Crippen LogP contribution in [-0.4, -0.2) is 0 Å². The zero-order valence-corrected chi connectivity index (χ0v) is 31.7. The van der Waals surface area contributed by atoms with E-state index in [1.165, 1.54) is 65.9 Å². The number of fused-ring (bicyclic) bond motifs is 6. The van der Waals surface area contributed by atoms with Crippen molar-refractivity contribution in [3.05, 3.63) is 224 Å². The zero-order chi connectivity index (χ0) is 38.4. The summed E-state index contributed by atoms with van der Waals surface area (Å²) in [5, 5.41) is 7.19. The largest absolute Gasteiger partial charge is 0.456 e. The van der Waals surface area contributed by atoms with Crippen molar-refractivity contribution < 1.29 is 4.42 Å². The van der Waals surface area contributed by atoms with Gasteiger partial charge in [-0.05, 0) is 121 Å². The molecule has 0 amide bonds. The quantitative estimate of drug-likeness (QED) is 0.162. The molecule has 0 bridgehead atoms. The maximum Gasteiger partial charge on any atom is 0.136 e. The molecule has 0 fully saturated rings. The number of anilines is 3. The van der Waals surface area contributed by atoms with Crippen molar-refractivity contribution in [1.29, 1.82) is 0 Å². The Morgan fingerprint density at radius 1 is 0.293 bits per heavy atom. The molecule has 0 atom stereocenters. The summed E-state index contributed by atoms with van der Waals surface area (Å²) in [7, 11) is 0. The molecule has 11 aromatic rings. The number of benzene rings is 10. The second-order valence-corrected chi connectivity index (χ2v) is 14.9. The van der Waals surface area contributed by atoms with Gasteiger partial charge in [0.05, 0.1) is 5.69 Å². The summed E-state index contributed by atoms with van der Waals surface area (Å²) in [5.74, 6) is 0. The first-order valence-electron chi connectivity index (χ1n) is 19.8. The number of hydrogen-bond acceptors (Lipinski definition) is 2. The van der Waals surface area contributed by atoms with Crippen molar-refractivity contribution >= 4 is 60.5 Å². The first kappa shape index (κ1) is 33.6. The van der Waals surface area contributed by atoms with Crippen molar-refractivity contribution in [2.45, 2.75) is 0 Å². The first-order chi connectivity index (χ1) is 28.7. The van der Waals surface area contributed by atoms with Gasteiger partial charge in [-0.2, -0.15) is 0 Å². The summed E-state index contributed by atoms with van der Waals surface area (Å²) < 4.78 is 6.23. The Bertz CT molecular complexity index is 3270. The Morgan fingerprint density at radius 2 is 0.845 bits per heavy atom. The minimum Gasteiger partial charge on any atom is -0.456 e. The van der Waals surface area contributed by atoms with Gasteiger partial charge in [0.25, 0.3) is 0 Å². The lowest BCUT2D eigenvalue weighted by Crippen LogP contribution is -2.11. The molecule has 2 nitrogen and oxygen atoms in total. The molecule has 11 rings (SSSR count). The second kappa shape index (κ2) is 14.1. The van der Waals surface area contributed by atoms with Crippen molar-refractivity contribution in [1.82, 2.24) is 0 Å². The van der Waals surface area contributed by atoms with Crippen LogP contribution in [0.3, 0.4) is 0 Å². The third-order valence-electron chi connectivity index (χ3n) is 11.5. The van der Waals surface area contributed by atoms with Crippen LogP contribution in [0.1, 0.15) is 0 Å². The van der Waals surface area contributed by atoms with E-state index in [0.717, 1.165) is 39.2 Å². The van der Waals surface area contributed by atoms with Crippen molar-refractivity contribution in [2.75, 3.05) is 4.90 Å². The lowest BCUT2D eigenvalue weighted by molar-refractivity contribution is 0.669. The van der Waals surface area contributed by atoms with Gasteiger partial charge >= 0.3 is 0 Å². The maximum absolute atomic E-state index is 6.23. The third-order valence-corrected chi connectivity index (χ3v) is 11.5. The lowest BCUT2D eigenvalue weighted by atomic mass is 9.95. The minimum absolute atomic E-state index is 0.917. The van der Waals surface area contributed by atoms with E-state index in [2.05, 4.69) is 217 Å². The Hall–Kier alpha value is -7.68. The predicted octanol–water partition coefficient (Wildman–Crippen LogP) is 16.0. The van der Waals surface area contributed by atoms with Crippen molar-refractivity contribution in [2.24, 2.45) is 0 Å². The fraction of sp³-hybridized carbons (Fsp3) is 0. The van der Waals surface area contributed by atoms with Crippen molar-refractivity contribution in [3.8, 4) is 44.5 Å². The van der Waals surface area contributed by atoms with Crippen LogP contribution in [0.2, 0.25) is 0 Å². The summed E-state index contributed by atoms with van der Waals surface area (Å²) in [6.45, 7) is 0. The Morgan fingerprint density at radius 3 is 1.66 bits per heavy atom. The molecule has 0 saturated heterocycles. The molecule has 0 aliphatic carbocycles. The maximum atomic E-state index is 6.23. The monoisotopic (exact) mass is 739 g/mol. The van der Waals surface area contributed by atoms with Gasteiger partial charge < -0.3 is 9.32 Å². The summed E-state index contributed by atoms with van der Waals surface area (Å²) in [6.07, 6.45) is 0. The summed E-state index contributed by atoms with van der Waals surface area (Å²) in [6, 6.07) is 80.8. The van der Waals surface area contributed by atoms with Gasteiger partial charge in [-0.1, -0.05) is 164 Å². The zero-order valence-electron chi connectivity index (χ0n) is 31.7. The molecule has 0 aliphatic rings. The van der Waals surface area contributed by atoms with E-state index in [1.54, 1.807) is 0 Å². The van der Waals surface area contributed by atoms with Crippen LogP contribution < -0.4 is 4.90 Å². The summed E-state index contributed by atoms with van der Waals surface area (Å²) >= 11 is 0. The van der Waals surface area contributed by atoms with Gasteiger partial charge in [-0.15, -0.1) is 0 Å². The summed E-state index contributed by atoms with van der Waals surface area (Å²) in [4.78, 5) is 2.38. The fourth-order valence-corrected chi connectivity index (χ4v) is 8.53. The minimum atomic E-state index is 0.917. The van der Waals surface area contributed by atoms with Gasteiger partial charge in [0.15, 0.2) is 0 Å². The highest BCUT2D eigenvalue weighted by Gasteiger charge is 2.18. The molecule has 10 aromatic carbocycles. The van der Waals surface area contributed by atoms with E-state index in [1.807, 2.05) is 12.1 Å². The van der Waals surface area contributed by atoms with Crippen LogP contribution >= 0.6 is 0 Å². The molecule has 272 valence electrons. The molecule has 0 spiro atoms. The van der Waals surface area contributed by atoms with E-state index >= 15 is 0 Å². The normalized spacial score (nSPS) is 11.4. The van der Waals surface area contributed by atoms with Gasteiger partial charge in [0, 0.05) is 27.7 Å². The van der Waals surface area contributed by atoms with E-state index in [4.69, 9.17) is 4.42 Å². The molecule has 0 unspecified atom stereocenters. The first-order valence-corrected chi connectivity index (χ1v) is 19.8. The highest BCUT2D eigenvalue weighted by molar-refractivity contribution is 6.19. The van der Waals surface area contributed by atoms with Crippen LogP contribution in [0.25, 0.3) is 88.0 Å². The Labute approximate surface area is 337 Å². The lowest BCUT2D eigenvalue weighted by Gasteiger charge is -2.28. The third kappa shape index (κ3) is 6.00. The SMILES string of the molecule is c1ccc(-c2ccc(N(c3ccc(-c4cccc(-c5ccc6ccc7oc8ccccc8c7c6c5)c4)cc3)c3ccccc3-c3ccc4ccccc4c3)cc2)cc1. The predicted molar refractivity (Wildman–Crippen MR) is 245 cm³/mol. The standard InChI is InChI=1S/C56H37NO/c1-2-11-38(12-3-1)40-25-30-48(31-26-40)57(53-19-8-6-17-50(53)47-24-21-39-13-4-5-14-43(39)36-47)49-32-27-41(28-33-49)44-15-10-16-45(35-44)46-23-22-42-29-34-55-56(52(42)37-46)51-18-7-9-20-54(51)58-55/h1-37H. The van der Waals surface area contributed by atoms with Crippen LogP contribution in [0.15, 0.2) is 229 Å². The van der Waals surface area contributed by atoms with E-state index in [0.29, 0.717) is 0 Å². The van der Waals surface area contributed by atoms with Crippen LogP contribution in [-0.2, 0) is 0 Å². The molecule has 58 heavy (non-hydrogen) atoms. The fourth-order valence-electron chi connectivity index (χ4n) is 8.53. The molecular weight excluding hydrogens is 703 g/mol. The second-order valence-electron chi connectivity index (χ2n) is 14.9. The van der Waals surface area contributed by atoms with Crippen LogP contribution in [0, 0.1) is 0 Å². The number of nitrogens with zero attached hydrogens (tertiary/aromatic N) is 1. The Kier molecular flexibility index (Phi) is 8.19. The van der Waals surface area contributed by atoms with E-state index in [-0.39, 0.29) is 0 Å². The molecule has 1 heterocycles. The molecule has 0 saturated carbocycles. The Balaban J connectivity index is 0.985. The highest BCUT2D eigenvalue weighted by atomic mass is 16.3. The van der Waals surface area contributed by atoms with E-state index in [9.17, 15) is 0 Å². The van der Waals surface area contributed by atoms with Crippen LogP contribution in [0.4, 0.5) is 17.1 Å². The highest BCUT2D eigenvalue weighted by Crippen LogP contribution is 2.43. The number of para-hydroxylation sites is 2. The molecule has 2 heteroatoms. The van der Waals surface area contributed by atoms with Gasteiger partial charge in [0.1, 0.15) is 11.2 Å². The number of furan rings is 1. The molecule has 1 aromatic heterocycles. The van der Waals surface area contributed by atoms with Crippen LogP contribution in [0.5, 0.6) is 0 Å². The number of rotatable bonds is 7.